The Balaban J connectivity index is 2.57. The smallest absolute Gasteiger partial charge is 0.200 e. The van der Waals surface area contributed by atoms with Crippen LogP contribution < -0.4 is 5.43 Å². The van der Waals surface area contributed by atoms with Crippen molar-refractivity contribution >= 4 is 37.9 Å². The van der Waals surface area contributed by atoms with Crippen molar-refractivity contribution in [3.05, 3.63) is 56.7 Å². The number of benzene rings is 2. The van der Waals surface area contributed by atoms with Gasteiger partial charge in [0.15, 0.2) is 0 Å². The molecule has 3 aromatic rings. The fourth-order valence-corrected chi connectivity index (χ4v) is 2.29. The summed E-state index contributed by atoms with van der Waals surface area (Å²) in [6.45, 7) is 1.98. The van der Waals surface area contributed by atoms with Crippen LogP contribution in [0.4, 0.5) is 0 Å². The van der Waals surface area contributed by atoms with Gasteiger partial charge in [0.25, 0.3) is 0 Å². The van der Waals surface area contributed by atoms with E-state index in [1.54, 1.807) is 6.07 Å². The zero-order valence-corrected chi connectivity index (χ0v) is 10.7. The van der Waals surface area contributed by atoms with E-state index in [1.807, 2.05) is 37.3 Å². The summed E-state index contributed by atoms with van der Waals surface area (Å²) in [5, 5.41) is 1.23. The van der Waals surface area contributed by atoms with Gasteiger partial charge in [-0.3, -0.25) is 4.79 Å². The van der Waals surface area contributed by atoms with Crippen LogP contribution in [0.3, 0.4) is 0 Å². The second-order valence-electron chi connectivity index (χ2n) is 4.07. The first kappa shape index (κ1) is 10.5. The van der Waals surface area contributed by atoms with Crippen molar-refractivity contribution in [1.82, 2.24) is 0 Å². The molecule has 2 aromatic carbocycles. The molecule has 3 rings (SSSR count). The fourth-order valence-electron chi connectivity index (χ4n) is 1.93. The molecule has 0 spiro atoms. The van der Waals surface area contributed by atoms with Gasteiger partial charge >= 0.3 is 0 Å². The minimum absolute atomic E-state index is 0.0163. The first-order valence-corrected chi connectivity index (χ1v) is 6.07. The summed E-state index contributed by atoms with van der Waals surface area (Å²) in [7, 11) is 0. The lowest BCUT2D eigenvalue weighted by atomic mass is 10.1. The average molecular weight is 289 g/mol. The molecule has 0 unspecified atom stereocenters. The Kier molecular flexibility index (Phi) is 2.30. The molecule has 3 heteroatoms. The summed E-state index contributed by atoms with van der Waals surface area (Å²) >= 11 is 3.36. The lowest BCUT2D eigenvalue weighted by Gasteiger charge is -2.02. The van der Waals surface area contributed by atoms with Gasteiger partial charge in [-0.2, -0.15) is 0 Å². The molecule has 0 radical (unpaired) electrons. The van der Waals surface area contributed by atoms with E-state index in [0.29, 0.717) is 21.9 Å². The Morgan fingerprint density at radius 3 is 2.65 bits per heavy atom. The minimum Gasteiger partial charge on any atom is -0.456 e. The maximum Gasteiger partial charge on any atom is 0.200 e. The van der Waals surface area contributed by atoms with Crippen molar-refractivity contribution in [2.45, 2.75) is 6.92 Å². The van der Waals surface area contributed by atoms with E-state index in [1.165, 1.54) is 0 Å². The van der Waals surface area contributed by atoms with Crippen molar-refractivity contribution in [3.8, 4) is 0 Å². The molecule has 17 heavy (non-hydrogen) atoms. The number of rotatable bonds is 0. The number of hydrogen-bond donors (Lipinski definition) is 0. The van der Waals surface area contributed by atoms with Gasteiger partial charge in [-0.15, -0.1) is 0 Å². The summed E-state index contributed by atoms with van der Waals surface area (Å²) in [6, 6.07) is 11.1. The maximum absolute atomic E-state index is 12.3. The third-order valence-electron chi connectivity index (χ3n) is 2.79. The molecule has 84 valence electrons. The SMILES string of the molecule is Cc1ccc2c(=O)c3cc(Br)ccc3oc2c1. The molecule has 2 nitrogen and oxygen atoms in total. The van der Waals surface area contributed by atoms with Crippen molar-refractivity contribution in [2.75, 3.05) is 0 Å². The predicted molar refractivity (Wildman–Crippen MR) is 72.4 cm³/mol. The Labute approximate surface area is 106 Å². The average Bonchev–Trinajstić information content (AvgIpc) is 2.30. The predicted octanol–water partition coefficient (Wildman–Crippen LogP) is 4.02. The first-order chi connectivity index (χ1) is 8.15. The van der Waals surface area contributed by atoms with Crippen LogP contribution in [0.25, 0.3) is 21.9 Å². The van der Waals surface area contributed by atoms with Crippen LogP contribution in [0, 0.1) is 6.92 Å². The van der Waals surface area contributed by atoms with Gasteiger partial charge in [0, 0.05) is 4.47 Å². The molecule has 1 aromatic heterocycles. The maximum atomic E-state index is 12.3. The quantitative estimate of drug-likeness (QED) is 0.585. The molecule has 0 aliphatic carbocycles. The van der Waals surface area contributed by atoms with E-state index in [-0.39, 0.29) is 5.43 Å². The molecule has 1 heterocycles. The number of aryl methyl sites for hydroxylation is 1. The zero-order chi connectivity index (χ0) is 12.0. The summed E-state index contributed by atoms with van der Waals surface area (Å²) < 4.78 is 6.62. The van der Waals surface area contributed by atoms with Gasteiger partial charge in [-0.1, -0.05) is 22.0 Å². The summed E-state index contributed by atoms with van der Waals surface area (Å²) in [4.78, 5) is 12.3. The molecule has 0 aliphatic rings. The Morgan fingerprint density at radius 1 is 1.00 bits per heavy atom. The standard InChI is InChI=1S/C14H9BrO2/c1-8-2-4-10-13(6-8)17-12-5-3-9(15)7-11(12)14(10)16/h2-7H,1H3. The van der Waals surface area contributed by atoms with Crippen molar-refractivity contribution in [3.63, 3.8) is 0 Å². The van der Waals surface area contributed by atoms with Crippen LogP contribution in [-0.2, 0) is 0 Å². The Morgan fingerprint density at radius 2 is 1.82 bits per heavy atom. The minimum atomic E-state index is 0.0163. The molecule has 0 aliphatic heterocycles. The van der Waals surface area contributed by atoms with Crippen molar-refractivity contribution in [1.29, 1.82) is 0 Å². The van der Waals surface area contributed by atoms with Crippen LogP contribution in [0.1, 0.15) is 5.56 Å². The van der Waals surface area contributed by atoms with Crippen LogP contribution in [0.15, 0.2) is 50.1 Å². The van der Waals surface area contributed by atoms with Gasteiger partial charge < -0.3 is 4.42 Å². The second kappa shape index (κ2) is 3.70. The van der Waals surface area contributed by atoms with E-state index in [4.69, 9.17) is 4.42 Å². The van der Waals surface area contributed by atoms with E-state index >= 15 is 0 Å². The van der Waals surface area contributed by atoms with E-state index in [0.717, 1.165) is 10.0 Å². The summed E-state index contributed by atoms with van der Waals surface area (Å²) in [6.07, 6.45) is 0. The molecule has 0 fully saturated rings. The van der Waals surface area contributed by atoms with Gasteiger partial charge in [0.2, 0.25) is 5.43 Å². The molecule has 0 N–H and O–H groups in total. The number of hydrogen-bond acceptors (Lipinski definition) is 2. The van der Waals surface area contributed by atoms with Crippen LogP contribution in [0.5, 0.6) is 0 Å². The van der Waals surface area contributed by atoms with E-state index in [9.17, 15) is 4.79 Å². The topological polar surface area (TPSA) is 30.2 Å². The lowest BCUT2D eigenvalue weighted by molar-refractivity contribution is 0.659. The zero-order valence-electron chi connectivity index (χ0n) is 9.16. The summed E-state index contributed by atoms with van der Waals surface area (Å²) in [5.41, 5.74) is 2.36. The van der Waals surface area contributed by atoms with Crippen molar-refractivity contribution < 1.29 is 4.42 Å². The van der Waals surface area contributed by atoms with Crippen molar-refractivity contribution in [2.24, 2.45) is 0 Å². The largest absolute Gasteiger partial charge is 0.456 e. The highest BCUT2D eigenvalue weighted by Crippen LogP contribution is 2.22. The second-order valence-corrected chi connectivity index (χ2v) is 4.99. The number of halogens is 1. The van der Waals surface area contributed by atoms with Gasteiger partial charge in [0.1, 0.15) is 11.2 Å². The third kappa shape index (κ3) is 1.67. The van der Waals surface area contributed by atoms with E-state index in [2.05, 4.69) is 15.9 Å². The summed E-state index contributed by atoms with van der Waals surface area (Å²) in [5.74, 6) is 0. The highest BCUT2D eigenvalue weighted by molar-refractivity contribution is 9.10. The van der Waals surface area contributed by atoms with Crippen LogP contribution >= 0.6 is 15.9 Å². The normalized spacial score (nSPS) is 11.2. The highest BCUT2D eigenvalue weighted by Gasteiger charge is 2.07. The van der Waals surface area contributed by atoms with E-state index < -0.39 is 0 Å². The monoisotopic (exact) mass is 288 g/mol. The first-order valence-electron chi connectivity index (χ1n) is 5.28. The van der Waals surface area contributed by atoms with Gasteiger partial charge in [-0.05, 0) is 42.8 Å². The van der Waals surface area contributed by atoms with Gasteiger partial charge in [0.05, 0.1) is 10.8 Å². The molecule has 0 atom stereocenters. The molecular weight excluding hydrogens is 280 g/mol. The Bertz CT molecular complexity index is 787. The van der Waals surface area contributed by atoms with Crippen LogP contribution in [0.2, 0.25) is 0 Å². The highest BCUT2D eigenvalue weighted by atomic mass is 79.9. The lowest BCUT2D eigenvalue weighted by Crippen LogP contribution is -2.01. The van der Waals surface area contributed by atoms with Gasteiger partial charge in [-0.25, -0.2) is 0 Å². The molecular formula is C14H9BrO2. The molecule has 0 amide bonds. The molecule has 0 saturated carbocycles. The fraction of sp³-hybridized carbons (Fsp3) is 0.0714. The molecule has 0 bridgehead atoms. The number of fused-ring (bicyclic) bond motifs is 2. The molecule has 0 saturated heterocycles. The van der Waals surface area contributed by atoms with Crippen LogP contribution in [-0.4, -0.2) is 0 Å². The third-order valence-corrected chi connectivity index (χ3v) is 3.28. The Hall–Kier alpha value is -1.61.